The summed E-state index contributed by atoms with van der Waals surface area (Å²) >= 11 is 13.4. The summed E-state index contributed by atoms with van der Waals surface area (Å²) in [4.78, 5) is 11.7. The minimum atomic E-state index is -0.115. The molecule has 3 N–H and O–H groups in total. The first-order valence-electron chi connectivity index (χ1n) is 5.60. The van der Waals surface area contributed by atoms with Gasteiger partial charge in [-0.1, -0.05) is 37.0 Å². The zero-order chi connectivity index (χ0) is 13.7. The topological polar surface area (TPSA) is 55.1 Å². The predicted molar refractivity (Wildman–Crippen MR) is 81.7 cm³/mol. The smallest absolute Gasteiger partial charge is 0.234 e. The summed E-state index contributed by atoms with van der Waals surface area (Å²) < 4.78 is 0. The molecule has 0 heterocycles. The minimum absolute atomic E-state index is 0.115. The molecule has 18 heavy (non-hydrogen) atoms. The molecule has 1 rings (SSSR count). The molecule has 1 unspecified atom stereocenters. The van der Waals surface area contributed by atoms with Crippen LogP contribution in [0.1, 0.15) is 20.3 Å². The van der Waals surface area contributed by atoms with Gasteiger partial charge in [-0.3, -0.25) is 4.79 Å². The van der Waals surface area contributed by atoms with Crippen molar-refractivity contribution in [2.24, 2.45) is 0 Å². The van der Waals surface area contributed by atoms with Crippen molar-refractivity contribution >= 4 is 52.2 Å². The van der Waals surface area contributed by atoms with Crippen molar-refractivity contribution in [1.82, 2.24) is 0 Å². The van der Waals surface area contributed by atoms with E-state index < -0.39 is 0 Å². The molecule has 0 spiro atoms. The molecule has 0 aliphatic heterocycles. The maximum Gasteiger partial charge on any atom is 0.234 e. The fourth-order valence-electron chi connectivity index (χ4n) is 1.24. The fourth-order valence-corrected chi connectivity index (χ4v) is 2.54. The summed E-state index contributed by atoms with van der Waals surface area (Å²) in [6.07, 6.45) is 1.03. The van der Waals surface area contributed by atoms with Crippen molar-refractivity contribution in [2.45, 2.75) is 25.5 Å². The van der Waals surface area contributed by atoms with Gasteiger partial charge in [0, 0.05) is 10.3 Å². The van der Waals surface area contributed by atoms with E-state index in [2.05, 4.69) is 19.2 Å². The van der Waals surface area contributed by atoms with E-state index in [4.69, 9.17) is 28.9 Å². The fraction of sp³-hybridized carbons (Fsp3) is 0.417. The quantitative estimate of drug-likeness (QED) is 0.807. The van der Waals surface area contributed by atoms with E-state index in [1.54, 1.807) is 23.9 Å². The zero-order valence-electron chi connectivity index (χ0n) is 10.3. The Morgan fingerprint density at radius 1 is 1.50 bits per heavy atom. The van der Waals surface area contributed by atoms with Gasteiger partial charge in [0.1, 0.15) is 0 Å². The summed E-state index contributed by atoms with van der Waals surface area (Å²) in [5, 5.41) is 3.96. The van der Waals surface area contributed by atoms with E-state index in [1.807, 2.05) is 0 Å². The van der Waals surface area contributed by atoms with E-state index in [0.29, 0.717) is 32.4 Å². The molecule has 1 aromatic carbocycles. The van der Waals surface area contributed by atoms with Crippen LogP contribution in [0.4, 0.5) is 11.4 Å². The Bertz CT molecular complexity index is 417. The monoisotopic (exact) mass is 306 g/mol. The Kier molecular flexibility index (Phi) is 6.12. The van der Waals surface area contributed by atoms with Gasteiger partial charge in [0.15, 0.2) is 0 Å². The molecule has 1 aromatic rings. The third kappa shape index (κ3) is 4.59. The number of nitrogens with two attached hydrogens (primary N) is 1. The van der Waals surface area contributed by atoms with Crippen molar-refractivity contribution in [3.05, 3.63) is 22.2 Å². The summed E-state index contributed by atoms with van der Waals surface area (Å²) in [7, 11) is 0. The Morgan fingerprint density at radius 3 is 2.72 bits per heavy atom. The molecule has 3 nitrogen and oxygen atoms in total. The van der Waals surface area contributed by atoms with Crippen LogP contribution in [0.15, 0.2) is 12.1 Å². The lowest BCUT2D eigenvalue weighted by Gasteiger charge is -2.12. The number of thioether (sulfide) groups is 1. The van der Waals surface area contributed by atoms with Gasteiger partial charge in [-0.2, -0.15) is 0 Å². The highest BCUT2D eigenvalue weighted by atomic mass is 35.5. The van der Waals surface area contributed by atoms with Crippen molar-refractivity contribution in [3.8, 4) is 0 Å². The number of benzene rings is 1. The summed E-state index contributed by atoms with van der Waals surface area (Å²) in [6, 6.07) is 3.11. The maximum absolute atomic E-state index is 11.7. The molecule has 0 aromatic heterocycles. The zero-order valence-corrected chi connectivity index (χ0v) is 12.6. The van der Waals surface area contributed by atoms with Crippen molar-refractivity contribution in [1.29, 1.82) is 0 Å². The number of halogens is 2. The van der Waals surface area contributed by atoms with E-state index in [1.165, 1.54) is 0 Å². The average molecular weight is 307 g/mol. The lowest BCUT2D eigenvalue weighted by molar-refractivity contribution is -0.113. The van der Waals surface area contributed by atoms with Crippen LogP contribution in [0.3, 0.4) is 0 Å². The molecule has 0 fully saturated rings. The number of nitrogen functional groups attached to an aromatic ring is 1. The number of amides is 1. The Balaban J connectivity index is 2.65. The van der Waals surface area contributed by atoms with Crippen LogP contribution >= 0.6 is 35.0 Å². The van der Waals surface area contributed by atoms with Gasteiger partial charge < -0.3 is 11.1 Å². The predicted octanol–water partition coefficient (Wildman–Crippen LogP) is 4.05. The first-order chi connectivity index (χ1) is 8.43. The number of hydrogen-bond acceptors (Lipinski definition) is 3. The van der Waals surface area contributed by atoms with Gasteiger partial charge >= 0.3 is 0 Å². The first-order valence-corrected chi connectivity index (χ1v) is 7.40. The Hall–Kier alpha value is -0.580. The molecular formula is C12H16Cl2N2OS. The number of carbonyl (C=O) groups excluding carboxylic acids is 1. The van der Waals surface area contributed by atoms with Crippen molar-refractivity contribution in [2.75, 3.05) is 16.8 Å². The second-order valence-corrected chi connectivity index (χ2v) is 6.20. The van der Waals surface area contributed by atoms with Gasteiger partial charge in [0.05, 0.1) is 22.2 Å². The Labute approximate surface area is 121 Å². The van der Waals surface area contributed by atoms with Crippen LogP contribution in [0.5, 0.6) is 0 Å². The highest BCUT2D eigenvalue weighted by Gasteiger charge is 2.11. The van der Waals surface area contributed by atoms with Crippen LogP contribution < -0.4 is 11.1 Å². The lowest BCUT2D eigenvalue weighted by atomic mass is 10.2. The van der Waals surface area contributed by atoms with E-state index >= 15 is 0 Å². The second-order valence-electron chi connectivity index (χ2n) is 3.93. The molecule has 1 amide bonds. The van der Waals surface area contributed by atoms with Crippen LogP contribution in [-0.4, -0.2) is 16.9 Å². The maximum atomic E-state index is 11.7. The molecule has 100 valence electrons. The van der Waals surface area contributed by atoms with Crippen LogP contribution in [0.2, 0.25) is 10.0 Å². The first kappa shape index (κ1) is 15.5. The molecule has 0 saturated heterocycles. The number of carbonyl (C=O) groups is 1. The van der Waals surface area contributed by atoms with Gasteiger partial charge in [-0.15, -0.1) is 11.8 Å². The summed E-state index contributed by atoms with van der Waals surface area (Å²) in [6.45, 7) is 4.17. The highest BCUT2D eigenvalue weighted by Crippen LogP contribution is 2.32. The van der Waals surface area contributed by atoms with Crippen molar-refractivity contribution in [3.63, 3.8) is 0 Å². The molecule has 0 saturated carbocycles. The summed E-state index contributed by atoms with van der Waals surface area (Å²) in [5.74, 6) is 0.268. The normalized spacial score (nSPS) is 12.2. The van der Waals surface area contributed by atoms with E-state index in [-0.39, 0.29) is 5.91 Å². The summed E-state index contributed by atoms with van der Waals surface area (Å²) in [5.41, 5.74) is 6.56. The van der Waals surface area contributed by atoms with E-state index in [9.17, 15) is 4.79 Å². The van der Waals surface area contributed by atoms with Gasteiger partial charge in [-0.25, -0.2) is 0 Å². The highest BCUT2D eigenvalue weighted by molar-refractivity contribution is 8.00. The van der Waals surface area contributed by atoms with Gasteiger partial charge in [0.25, 0.3) is 0 Å². The molecule has 0 aliphatic carbocycles. The molecular weight excluding hydrogens is 291 g/mol. The van der Waals surface area contributed by atoms with Gasteiger partial charge in [-0.05, 0) is 18.6 Å². The second kappa shape index (κ2) is 7.12. The third-order valence-corrected chi connectivity index (χ3v) is 4.27. The lowest BCUT2D eigenvalue weighted by Crippen LogP contribution is -2.17. The van der Waals surface area contributed by atoms with Gasteiger partial charge in [0.2, 0.25) is 5.91 Å². The van der Waals surface area contributed by atoms with Crippen LogP contribution in [-0.2, 0) is 4.79 Å². The van der Waals surface area contributed by atoms with Crippen LogP contribution in [0, 0.1) is 0 Å². The number of nitrogens with one attached hydrogen (secondary N) is 1. The largest absolute Gasteiger partial charge is 0.397 e. The molecule has 0 bridgehead atoms. The molecule has 6 heteroatoms. The molecule has 1 atom stereocenters. The molecule has 0 radical (unpaired) electrons. The minimum Gasteiger partial charge on any atom is -0.397 e. The Morgan fingerprint density at radius 2 is 2.17 bits per heavy atom. The van der Waals surface area contributed by atoms with Crippen molar-refractivity contribution < 1.29 is 4.79 Å². The SMILES string of the molecule is CCC(C)SCC(=O)Nc1c(N)cc(Cl)cc1Cl. The standard InChI is InChI=1S/C12H16Cl2N2OS/c1-3-7(2)18-6-11(17)16-12-9(14)4-8(13)5-10(12)15/h4-5,7H,3,6,15H2,1-2H3,(H,16,17). The number of rotatable bonds is 5. The molecule has 0 aliphatic rings. The average Bonchev–Trinajstić information content (AvgIpc) is 2.30. The number of anilines is 2. The number of hydrogen-bond donors (Lipinski definition) is 2. The van der Waals surface area contributed by atoms with E-state index in [0.717, 1.165) is 6.42 Å². The van der Waals surface area contributed by atoms with Crippen LogP contribution in [0.25, 0.3) is 0 Å². The third-order valence-electron chi connectivity index (χ3n) is 2.42.